The Morgan fingerprint density at radius 3 is 2.35 bits per heavy atom. The van der Waals surface area contributed by atoms with Crippen LogP contribution >= 0.6 is 23.4 Å². The molecule has 2 unspecified atom stereocenters. The summed E-state index contributed by atoms with van der Waals surface area (Å²) in [6, 6.07) is 5.16. The van der Waals surface area contributed by atoms with Crippen molar-refractivity contribution in [1.82, 2.24) is 0 Å². The van der Waals surface area contributed by atoms with Crippen LogP contribution < -0.4 is 0 Å². The van der Waals surface area contributed by atoms with Crippen LogP contribution in [0.15, 0.2) is 24.3 Å². The quantitative estimate of drug-likeness (QED) is 0.475. The van der Waals surface area contributed by atoms with Crippen LogP contribution in [0.4, 0.5) is 5.69 Å². The SMILES string of the molecule is O=C(SC1CS(=O)(=O)CC1Cl)c1ccc([N+](=O)[O-])cc1. The van der Waals surface area contributed by atoms with Gasteiger partial charge >= 0.3 is 0 Å². The minimum atomic E-state index is -3.18. The van der Waals surface area contributed by atoms with E-state index in [1.165, 1.54) is 24.3 Å². The van der Waals surface area contributed by atoms with Gasteiger partial charge in [0.15, 0.2) is 9.84 Å². The molecule has 0 radical (unpaired) electrons. The molecule has 20 heavy (non-hydrogen) atoms. The zero-order chi connectivity index (χ0) is 14.9. The van der Waals surface area contributed by atoms with Gasteiger partial charge in [-0.05, 0) is 12.1 Å². The topological polar surface area (TPSA) is 94.3 Å². The second kappa shape index (κ2) is 5.71. The molecule has 2 rings (SSSR count). The highest BCUT2D eigenvalue weighted by Gasteiger charge is 2.38. The molecule has 0 spiro atoms. The lowest BCUT2D eigenvalue weighted by atomic mass is 10.2. The van der Waals surface area contributed by atoms with Crippen LogP contribution in [0.1, 0.15) is 10.4 Å². The van der Waals surface area contributed by atoms with Crippen LogP contribution in [0.5, 0.6) is 0 Å². The average molecular weight is 336 g/mol. The van der Waals surface area contributed by atoms with Crippen molar-refractivity contribution in [3.63, 3.8) is 0 Å². The van der Waals surface area contributed by atoms with Gasteiger partial charge in [-0.15, -0.1) is 11.6 Å². The van der Waals surface area contributed by atoms with Gasteiger partial charge < -0.3 is 0 Å². The summed E-state index contributed by atoms with van der Waals surface area (Å²) in [4.78, 5) is 21.9. The normalized spacial score (nSPS) is 24.4. The van der Waals surface area contributed by atoms with Crippen LogP contribution in [0.2, 0.25) is 0 Å². The Labute approximate surface area is 124 Å². The summed E-state index contributed by atoms with van der Waals surface area (Å²) in [6.07, 6.45) is 0. The third-order valence-electron chi connectivity index (χ3n) is 2.81. The molecule has 1 heterocycles. The first-order valence-corrected chi connectivity index (χ1v) is 8.72. The maximum absolute atomic E-state index is 12.0. The fourth-order valence-electron chi connectivity index (χ4n) is 1.81. The van der Waals surface area contributed by atoms with Crippen LogP contribution in [-0.4, -0.2) is 40.6 Å². The number of nitro benzene ring substituents is 1. The molecule has 6 nitrogen and oxygen atoms in total. The van der Waals surface area contributed by atoms with Crippen molar-refractivity contribution in [1.29, 1.82) is 0 Å². The van der Waals surface area contributed by atoms with Crippen molar-refractivity contribution in [3.8, 4) is 0 Å². The summed E-state index contributed by atoms with van der Waals surface area (Å²) in [5, 5.41) is 9.09. The molecule has 1 aliphatic heterocycles. The molecule has 0 bridgehead atoms. The van der Waals surface area contributed by atoms with Gasteiger partial charge in [0.25, 0.3) is 5.69 Å². The lowest BCUT2D eigenvalue weighted by Crippen LogP contribution is -2.17. The van der Waals surface area contributed by atoms with Gasteiger partial charge in [0.1, 0.15) is 0 Å². The highest BCUT2D eigenvalue weighted by molar-refractivity contribution is 8.15. The first kappa shape index (κ1) is 15.3. The molecule has 9 heteroatoms. The van der Waals surface area contributed by atoms with Gasteiger partial charge in [-0.1, -0.05) is 11.8 Å². The molecule has 2 atom stereocenters. The van der Waals surface area contributed by atoms with E-state index in [9.17, 15) is 23.3 Å². The molecule has 1 aromatic carbocycles. The van der Waals surface area contributed by atoms with Gasteiger partial charge in [-0.2, -0.15) is 0 Å². The standard InChI is InChI=1S/C11H10ClNO5S2/c12-9-5-20(17,18)6-10(9)19-11(14)7-1-3-8(4-2-7)13(15)16/h1-4,9-10H,5-6H2. The van der Waals surface area contributed by atoms with Crippen molar-refractivity contribution in [3.05, 3.63) is 39.9 Å². The van der Waals surface area contributed by atoms with Crippen LogP contribution in [0.3, 0.4) is 0 Å². The summed E-state index contributed by atoms with van der Waals surface area (Å²) in [5.41, 5.74) is 0.180. The number of nitro groups is 1. The van der Waals surface area contributed by atoms with Gasteiger partial charge in [0.05, 0.1) is 21.8 Å². The lowest BCUT2D eigenvalue weighted by molar-refractivity contribution is -0.384. The van der Waals surface area contributed by atoms with Gasteiger partial charge in [-0.25, -0.2) is 8.42 Å². The number of carbonyl (C=O) groups excluding carboxylic acids is 1. The van der Waals surface area contributed by atoms with Crippen LogP contribution in [0, 0.1) is 10.1 Å². The molecule has 108 valence electrons. The molecule has 0 amide bonds. The lowest BCUT2D eigenvalue weighted by Gasteiger charge is -2.09. The number of thioether (sulfide) groups is 1. The molecule has 1 aliphatic rings. The molecule has 0 aromatic heterocycles. The van der Waals surface area contributed by atoms with E-state index in [1.54, 1.807) is 0 Å². The fraction of sp³-hybridized carbons (Fsp3) is 0.364. The molecular formula is C11H10ClNO5S2. The van der Waals surface area contributed by atoms with E-state index in [0.717, 1.165) is 11.8 Å². The maximum Gasteiger partial charge on any atom is 0.269 e. The van der Waals surface area contributed by atoms with Crippen molar-refractivity contribution in [2.45, 2.75) is 10.6 Å². The molecular weight excluding hydrogens is 326 g/mol. The van der Waals surface area contributed by atoms with E-state index in [2.05, 4.69) is 0 Å². The smallest absolute Gasteiger partial charge is 0.269 e. The molecule has 1 fully saturated rings. The zero-order valence-electron chi connectivity index (χ0n) is 10.1. The van der Waals surface area contributed by atoms with Gasteiger partial charge in [-0.3, -0.25) is 14.9 Å². The monoisotopic (exact) mass is 335 g/mol. The first-order chi connectivity index (χ1) is 9.28. The highest BCUT2D eigenvalue weighted by Crippen LogP contribution is 2.31. The van der Waals surface area contributed by atoms with Crippen molar-refractivity contribution in [2.75, 3.05) is 11.5 Å². The summed E-state index contributed by atoms with van der Waals surface area (Å²) in [7, 11) is -3.18. The summed E-state index contributed by atoms with van der Waals surface area (Å²) in [6.45, 7) is 0. The Balaban J connectivity index is 2.07. The Kier molecular flexibility index (Phi) is 4.36. The number of rotatable bonds is 3. The first-order valence-electron chi connectivity index (χ1n) is 5.58. The number of non-ortho nitro benzene ring substituents is 1. The summed E-state index contributed by atoms with van der Waals surface area (Å²) < 4.78 is 22.8. The van der Waals surface area contributed by atoms with Gasteiger partial charge in [0.2, 0.25) is 5.12 Å². The Morgan fingerprint density at radius 1 is 1.30 bits per heavy atom. The fourth-order valence-corrected chi connectivity index (χ4v) is 6.12. The number of hydrogen-bond acceptors (Lipinski definition) is 6. The molecule has 0 N–H and O–H groups in total. The zero-order valence-corrected chi connectivity index (χ0v) is 12.5. The van der Waals surface area contributed by atoms with Crippen LogP contribution in [0.25, 0.3) is 0 Å². The van der Waals surface area contributed by atoms with E-state index >= 15 is 0 Å². The Hall–Kier alpha value is -1.12. The number of carbonyl (C=O) groups is 1. The number of sulfone groups is 1. The van der Waals surface area contributed by atoms with E-state index in [4.69, 9.17) is 11.6 Å². The van der Waals surface area contributed by atoms with E-state index < -0.39 is 25.4 Å². The number of nitrogens with zero attached hydrogens (tertiary/aromatic N) is 1. The predicted octanol–water partition coefficient (Wildman–Crippen LogP) is 1.87. The predicted molar refractivity (Wildman–Crippen MR) is 77.1 cm³/mol. The number of halogens is 1. The summed E-state index contributed by atoms with van der Waals surface area (Å²) in [5.74, 6) is -0.246. The third-order valence-corrected chi connectivity index (χ3v) is 6.79. The van der Waals surface area contributed by atoms with E-state index in [0.29, 0.717) is 0 Å². The third kappa shape index (κ3) is 3.50. The minimum absolute atomic E-state index is 0.106. The largest absolute Gasteiger partial charge is 0.282 e. The second-order valence-electron chi connectivity index (χ2n) is 4.34. The molecule has 0 aliphatic carbocycles. The number of benzene rings is 1. The Bertz CT molecular complexity index is 643. The molecule has 1 aromatic rings. The average Bonchev–Trinajstić information content (AvgIpc) is 2.62. The molecule has 1 saturated heterocycles. The Morgan fingerprint density at radius 2 is 1.90 bits per heavy atom. The van der Waals surface area contributed by atoms with Crippen molar-refractivity contribution in [2.24, 2.45) is 0 Å². The van der Waals surface area contributed by atoms with Crippen LogP contribution in [-0.2, 0) is 9.84 Å². The second-order valence-corrected chi connectivity index (χ2v) is 8.27. The van der Waals surface area contributed by atoms with E-state index in [-0.39, 0.29) is 27.9 Å². The van der Waals surface area contributed by atoms with Crippen molar-refractivity contribution >= 4 is 44.0 Å². The maximum atomic E-state index is 12.0. The van der Waals surface area contributed by atoms with Gasteiger partial charge in [0, 0.05) is 22.9 Å². The number of hydrogen-bond donors (Lipinski definition) is 0. The summed E-state index contributed by atoms with van der Waals surface area (Å²) >= 11 is 6.78. The highest BCUT2D eigenvalue weighted by atomic mass is 35.5. The van der Waals surface area contributed by atoms with Crippen molar-refractivity contribution < 1.29 is 18.1 Å². The van der Waals surface area contributed by atoms with E-state index in [1.807, 2.05) is 0 Å². The molecule has 0 saturated carbocycles. The minimum Gasteiger partial charge on any atom is -0.282 e. The number of alkyl halides is 1.